The summed E-state index contributed by atoms with van der Waals surface area (Å²) in [4.78, 5) is 37.0. The number of nitrogens with one attached hydrogen (secondary N) is 1. The quantitative estimate of drug-likeness (QED) is 0.710. The van der Waals surface area contributed by atoms with Crippen LogP contribution in [0.1, 0.15) is 41.5 Å². The van der Waals surface area contributed by atoms with E-state index in [2.05, 4.69) is 4.98 Å². The van der Waals surface area contributed by atoms with Crippen molar-refractivity contribution >= 4 is 22.9 Å². The Morgan fingerprint density at radius 2 is 2.00 bits per heavy atom. The second-order valence-corrected chi connectivity index (χ2v) is 8.26. The van der Waals surface area contributed by atoms with E-state index in [4.69, 9.17) is 4.98 Å². The number of carbonyl (C=O) groups excluding carboxylic acids is 1. The molecule has 0 saturated carbocycles. The van der Waals surface area contributed by atoms with E-state index in [1.165, 1.54) is 6.07 Å². The highest BCUT2D eigenvalue weighted by Gasteiger charge is 2.30. The van der Waals surface area contributed by atoms with Crippen molar-refractivity contribution in [1.82, 2.24) is 14.9 Å². The van der Waals surface area contributed by atoms with Crippen LogP contribution in [0.2, 0.25) is 0 Å². The van der Waals surface area contributed by atoms with Crippen LogP contribution in [0.4, 0.5) is 5.69 Å². The number of hydrogen-bond acceptors (Lipinski definition) is 5. The fourth-order valence-electron chi connectivity index (χ4n) is 3.72. The van der Waals surface area contributed by atoms with Gasteiger partial charge in [0.05, 0.1) is 11.7 Å². The molecule has 3 aromatic rings. The number of hydrogen-bond donors (Lipinski definition) is 1. The second kappa shape index (κ2) is 8.21. The molecule has 0 bridgehead atoms. The predicted octanol–water partition coefficient (Wildman–Crippen LogP) is 3.93. The zero-order valence-corrected chi connectivity index (χ0v) is 17.4. The molecule has 1 aliphatic rings. The van der Waals surface area contributed by atoms with Gasteiger partial charge in [-0.2, -0.15) is 11.3 Å². The van der Waals surface area contributed by atoms with Gasteiger partial charge in [-0.25, -0.2) is 4.98 Å². The van der Waals surface area contributed by atoms with Gasteiger partial charge in [0, 0.05) is 48.9 Å². The summed E-state index contributed by atoms with van der Waals surface area (Å²) in [7, 11) is 3.94. The van der Waals surface area contributed by atoms with Gasteiger partial charge in [0.2, 0.25) is 0 Å². The molecule has 1 amide bonds. The number of amides is 1. The lowest BCUT2D eigenvalue weighted by Gasteiger charge is -2.35. The van der Waals surface area contributed by atoms with Gasteiger partial charge < -0.3 is 14.8 Å². The predicted molar refractivity (Wildman–Crippen MR) is 117 cm³/mol. The van der Waals surface area contributed by atoms with Gasteiger partial charge in [0.25, 0.3) is 11.5 Å². The summed E-state index contributed by atoms with van der Waals surface area (Å²) in [5.41, 5.74) is 3.09. The van der Waals surface area contributed by atoms with Crippen molar-refractivity contribution < 1.29 is 4.79 Å². The number of carbonyl (C=O) groups is 1. The Morgan fingerprint density at radius 3 is 2.69 bits per heavy atom. The minimum Gasteiger partial charge on any atom is -0.378 e. The first-order chi connectivity index (χ1) is 14.0. The Labute approximate surface area is 173 Å². The van der Waals surface area contributed by atoms with Crippen molar-refractivity contribution in [3.8, 4) is 11.3 Å². The Kier molecular flexibility index (Phi) is 5.49. The van der Waals surface area contributed by atoms with Crippen molar-refractivity contribution in [2.75, 3.05) is 25.5 Å². The number of anilines is 1. The van der Waals surface area contributed by atoms with Crippen LogP contribution >= 0.6 is 11.3 Å². The van der Waals surface area contributed by atoms with E-state index in [0.29, 0.717) is 23.6 Å². The normalized spacial score (nSPS) is 16.6. The van der Waals surface area contributed by atoms with E-state index in [1.54, 1.807) is 11.3 Å². The average Bonchev–Trinajstić information content (AvgIpc) is 3.28. The van der Waals surface area contributed by atoms with E-state index in [-0.39, 0.29) is 17.5 Å². The van der Waals surface area contributed by atoms with Crippen LogP contribution < -0.4 is 10.5 Å². The summed E-state index contributed by atoms with van der Waals surface area (Å²) < 4.78 is 0. The topological polar surface area (TPSA) is 69.3 Å². The van der Waals surface area contributed by atoms with Crippen LogP contribution in [0.5, 0.6) is 0 Å². The van der Waals surface area contributed by atoms with Gasteiger partial charge in [0.1, 0.15) is 5.82 Å². The van der Waals surface area contributed by atoms with E-state index in [9.17, 15) is 9.59 Å². The van der Waals surface area contributed by atoms with Crippen LogP contribution in [-0.2, 0) is 0 Å². The van der Waals surface area contributed by atoms with Gasteiger partial charge in [-0.3, -0.25) is 9.59 Å². The fraction of sp³-hybridized carbons (Fsp3) is 0.318. The average molecular weight is 409 g/mol. The molecular weight excluding hydrogens is 384 g/mol. The van der Waals surface area contributed by atoms with E-state index in [1.807, 2.05) is 65.0 Å². The van der Waals surface area contributed by atoms with Crippen LogP contribution in [0.25, 0.3) is 11.3 Å². The highest BCUT2D eigenvalue weighted by atomic mass is 32.1. The zero-order valence-electron chi connectivity index (χ0n) is 16.6. The SMILES string of the molecule is CN(C)c1ccc(C(=O)N2CCCC[C@@H]2c2nc(-c3ccsc3)cc(=O)[nH]2)cc1. The molecule has 4 rings (SSSR count). The van der Waals surface area contributed by atoms with Crippen LogP contribution in [0, 0.1) is 0 Å². The Hall–Kier alpha value is -2.93. The smallest absolute Gasteiger partial charge is 0.254 e. The minimum absolute atomic E-state index is 0.0245. The maximum absolute atomic E-state index is 13.3. The molecule has 1 fully saturated rings. The summed E-state index contributed by atoms with van der Waals surface area (Å²) in [6.45, 7) is 0.658. The summed E-state index contributed by atoms with van der Waals surface area (Å²) in [6.07, 6.45) is 2.74. The molecule has 6 nitrogen and oxygen atoms in total. The van der Waals surface area contributed by atoms with Crippen LogP contribution in [0.15, 0.2) is 52.0 Å². The fourth-order valence-corrected chi connectivity index (χ4v) is 4.37. The van der Waals surface area contributed by atoms with Crippen molar-refractivity contribution in [1.29, 1.82) is 0 Å². The third kappa shape index (κ3) is 4.10. The monoisotopic (exact) mass is 408 g/mol. The third-order valence-corrected chi connectivity index (χ3v) is 5.97. The third-order valence-electron chi connectivity index (χ3n) is 5.29. The van der Waals surface area contributed by atoms with Gasteiger partial charge in [-0.1, -0.05) is 0 Å². The Morgan fingerprint density at radius 1 is 1.21 bits per heavy atom. The minimum atomic E-state index is -0.226. The number of rotatable bonds is 4. The number of piperidine rings is 1. The molecule has 1 atom stereocenters. The van der Waals surface area contributed by atoms with Crippen LogP contribution in [0.3, 0.4) is 0 Å². The Bertz CT molecular complexity index is 1040. The lowest BCUT2D eigenvalue weighted by atomic mass is 9.99. The molecule has 3 heterocycles. The highest BCUT2D eigenvalue weighted by Crippen LogP contribution is 2.31. The van der Waals surface area contributed by atoms with E-state index >= 15 is 0 Å². The molecule has 1 aromatic carbocycles. The van der Waals surface area contributed by atoms with Crippen molar-refractivity contribution in [2.24, 2.45) is 0 Å². The maximum atomic E-state index is 13.3. The second-order valence-electron chi connectivity index (χ2n) is 7.48. The lowest BCUT2D eigenvalue weighted by Crippen LogP contribution is -2.40. The number of likely N-dealkylation sites (tertiary alicyclic amines) is 1. The summed E-state index contributed by atoms with van der Waals surface area (Å²) >= 11 is 1.57. The number of aromatic amines is 1. The number of benzene rings is 1. The summed E-state index contributed by atoms with van der Waals surface area (Å²) in [6, 6.07) is 10.9. The van der Waals surface area contributed by atoms with Crippen molar-refractivity contribution in [3.63, 3.8) is 0 Å². The zero-order chi connectivity index (χ0) is 20.4. The van der Waals surface area contributed by atoms with E-state index in [0.717, 1.165) is 30.5 Å². The van der Waals surface area contributed by atoms with Crippen molar-refractivity contribution in [3.05, 3.63) is 68.9 Å². The number of aromatic nitrogens is 2. The molecule has 1 aliphatic heterocycles. The molecular formula is C22H24N4O2S. The molecule has 1 N–H and O–H groups in total. The van der Waals surface area contributed by atoms with Gasteiger partial charge >= 0.3 is 0 Å². The first-order valence-corrected chi connectivity index (χ1v) is 10.7. The summed E-state index contributed by atoms with van der Waals surface area (Å²) in [5, 5.41) is 3.94. The number of nitrogens with zero attached hydrogens (tertiary/aromatic N) is 3. The molecule has 0 spiro atoms. The van der Waals surface area contributed by atoms with Gasteiger partial charge in [-0.05, 0) is 55.0 Å². The molecule has 0 unspecified atom stereocenters. The molecule has 29 heavy (non-hydrogen) atoms. The number of H-pyrrole nitrogens is 1. The first kappa shape index (κ1) is 19.4. The highest BCUT2D eigenvalue weighted by molar-refractivity contribution is 7.08. The largest absolute Gasteiger partial charge is 0.378 e. The van der Waals surface area contributed by atoms with Gasteiger partial charge in [-0.15, -0.1) is 0 Å². The standard InChI is InChI=1S/C22H24N4O2S/c1-25(2)17-8-6-15(7-9-17)22(28)26-11-4-3-5-19(26)21-23-18(13-20(27)24-21)16-10-12-29-14-16/h6-10,12-14,19H,3-5,11H2,1-2H3,(H,23,24,27)/t19-/m1/s1. The summed E-state index contributed by atoms with van der Waals surface area (Å²) in [5.74, 6) is 0.542. The number of thiophene rings is 1. The van der Waals surface area contributed by atoms with E-state index < -0.39 is 0 Å². The molecule has 7 heteroatoms. The Balaban J connectivity index is 1.66. The molecule has 0 radical (unpaired) electrons. The molecule has 0 aliphatic carbocycles. The first-order valence-electron chi connectivity index (χ1n) is 9.75. The van der Waals surface area contributed by atoms with Crippen LogP contribution in [-0.4, -0.2) is 41.4 Å². The lowest BCUT2D eigenvalue weighted by molar-refractivity contribution is 0.0599. The van der Waals surface area contributed by atoms with Gasteiger partial charge in [0.15, 0.2) is 0 Å². The molecule has 2 aromatic heterocycles. The maximum Gasteiger partial charge on any atom is 0.254 e. The van der Waals surface area contributed by atoms with Crippen molar-refractivity contribution in [2.45, 2.75) is 25.3 Å². The molecule has 150 valence electrons. The molecule has 1 saturated heterocycles.